The van der Waals surface area contributed by atoms with Crippen molar-refractivity contribution in [1.82, 2.24) is 9.88 Å². The van der Waals surface area contributed by atoms with Gasteiger partial charge in [-0.1, -0.05) is 12.1 Å². The first-order valence-electron chi connectivity index (χ1n) is 10.5. The maximum absolute atomic E-state index is 12.7. The number of carbonyl (C=O) groups is 3. The van der Waals surface area contributed by atoms with E-state index in [4.69, 9.17) is 14.2 Å². The zero-order valence-corrected chi connectivity index (χ0v) is 17.8. The van der Waals surface area contributed by atoms with E-state index in [1.807, 2.05) is 24.3 Å². The molecule has 11 heteroatoms. The number of rotatable bonds is 4. The number of amides is 3. The van der Waals surface area contributed by atoms with Gasteiger partial charge in [0.15, 0.2) is 18.2 Å². The summed E-state index contributed by atoms with van der Waals surface area (Å²) >= 11 is 0. The van der Waals surface area contributed by atoms with Gasteiger partial charge in [0.25, 0.3) is 5.91 Å². The number of aromatic nitrogens is 1. The fourth-order valence-electron chi connectivity index (χ4n) is 4.29. The summed E-state index contributed by atoms with van der Waals surface area (Å²) in [4.78, 5) is 45.3. The van der Waals surface area contributed by atoms with Crippen molar-refractivity contribution in [3.05, 3.63) is 42.0 Å². The molecule has 4 heterocycles. The van der Waals surface area contributed by atoms with Gasteiger partial charge < -0.3 is 24.2 Å². The minimum Gasteiger partial charge on any atom is -0.497 e. The Hall–Kier alpha value is -4.02. The van der Waals surface area contributed by atoms with Gasteiger partial charge in [-0.05, 0) is 29.8 Å². The van der Waals surface area contributed by atoms with E-state index in [2.05, 4.69) is 4.98 Å². The molecule has 1 aromatic carbocycles. The van der Waals surface area contributed by atoms with Crippen molar-refractivity contribution in [2.75, 3.05) is 43.2 Å². The molecule has 3 aliphatic heterocycles. The number of ether oxygens (including phenoxy) is 3. The van der Waals surface area contributed by atoms with E-state index in [1.54, 1.807) is 19.2 Å². The number of carboxylic acid groups (broad SMARTS) is 1. The summed E-state index contributed by atoms with van der Waals surface area (Å²) in [6, 6.07) is 10.7. The number of pyridine rings is 1. The van der Waals surface area contributed by atoms with Crippen LogP contribution in [0.4, 0.5) is 21.2 Å². The second-order valence-electron chi connectivity index (χ2n) is 8.09. The first-order valence-corrected chi connectivity index (χ1v) is 10.5. The molecule has 2 saturated heterocycles. The van der Waals surface area contributed by atoms with Crippen molar-refractivity contribution < 1.29 is 33.7 Å². The first-order chi connectivity index (χ1) is 15.9. The summed E-state index contributed by atoms with van der Waals surface area (Å²) in [6.07, 6.45) is -2.11. The topological polar surface area (TPSA) is 122 Å². The average molecular weight is 454 g/mol. The Morgan fingerprint density at radius 1 is 1.15 bits per heavy atom. The molecule has 2 fully saturated rings. The molecule has 0 spiro atoms. The Kier molecular flexibility index (Phi) is 5.15. The molecule has 2 aromatic rings. The average Bonchev–Trinajstić information content (AvgIpc) is 3.24. The first kappa shape index (κ1) is 20.9. The van der Waals surface area contributed by atoms with Gasteiger partial charge in [0.1, 0.15) is 17.7 Å². The van der Waals surface area contributed by atoms with Crippen molar-refractivity contribution in [3.63, 3.8) is 0 Å². The van der Waals surface area contributed by atoms with E-state index in [9.17, 15) is 19.5 Å². The van der Waals surface area contributed by atoms with Crippen LogP contribution in [0.1, 0.15) is 5.56 Å². The van der Waals surface area contributed by atoms with Gasteiger partial charge in [0.05, 0.1) is 20.2 Å². The molecule has 1 aromatic heterocycles. The van der Waals surface area contributed by atoms with Crippen molar-refractivity contribution in [2.45, 2.75) is 12.6 Å². The molecule has 0 unspecified atom stereocenters. The quantitative estimate of drug-likeness (QED) is 0.744. The number of nitrogens with zero attached hydrogens (tertiary/aromatic N) is 4. The second-order valence-corrected chi connectivity index (χ2v) is 8.09. The van der Waals surface area contributed by atoms with Gasteiger partial charge in [0, 0.05) is 19.0 Å². The highest BCUT2D eigenvalue weighted by molar-refractivity contribution is 5.97. The molecular weight excluding hydrogens is 432 g/mol. The van der Waals surface area contributed by atoms with Gasteiger partial charge in [-0.15, -0.1) is 0 Å². The monoisotopic (exact) mass is 454 g/mol. The van der Waals surface area contributed by atoms with Crippen LogP contribution in [0.3, 0.4) is 0 Å². The van der Waals surface area contributed by atoms with Gasteiger partial charge in [0.2, 0.25) is 0 Å². The van der Waals surface area contributed by atoms with E-state index in [0.717, 1.165) is 5.56 Å². The minimum atomic E-state index is -1.04. The van der Waals surface area contributed by atoms with Gasteiger partial charge >= 0.3 is 12.2 Å². The molecule has 172 valence electrons. The van der Waals surface area contributed by atoms with Crippen LogP contribution >= 0.6 is 0 Å². The summed E-state index contributed by atoms with van der Waals surface area (Å²) in [5.41, 5.74) is 0.879. The van der Waals surface area contributed by atoms with Crippen LogP contribution in [0, 0.1) is 5.92 Å². The lowest BCUT2D eigenvalue weighted by Crippen LogP contribution is -2.48. The van der Waals surface area contributed by atoms with Crippen molar-refractivity contribution in [3.8, 4) is 11.5 Å². The number of fused-ring (bicyclic) bond motifs is 2. The molecule has 0 radical (unpaired) electrons. The number of benzene rings is 1. The largest absolute Gasteiger partial charge is 0.497 e. The van der Waals surface area contributed by atoms with Crippen LogP contribution in [0.5, 0.6) is 11.5 Å². The smallest absolute Gasteiger partial charge is 0.415 e. The predicted molar refractivity (Wildman–Crippen MR) is 115 cm³/mol. The molecule has 1 N–H and O–H groups in total. The van der Waals surface area contributed by atoms with E-state index in [1.165, 1.54) is 14.7 Å². The van der Waals surface area contributed by atoms with E-state index < -0.39 is 18.3 Å². The summed E-state index contributed by atoms with van der Waals surface area (Å²) in [5.74, 6) is 1.36. The lowest BCUT2D eigenvalue weighted by molar-refractivity contribution is -0.121. The van der Waals surface area contributed by atoms with Crippen LogP contribution in [0.2, 0.25) is 0 Å². The Morgan fingerprint density at radius 2 is 1.94 bits per heavy atom. The molecule has 5 rings (SSSR count). The van der Waals surface area contributed by atoms with E-state index >= 15 is 0 Å². The lowest BCUT2D eigenvalue weighted by atomic mass is 10.0. The second kappa shape index (κ2) is 8.15. The number of anilines is 2. The summed E-state index contributed by atoms with van der Waals surface area (Å²) in [5, 5.41) is 9.25. The van der Waals surface area contributed by atoms with E-state index in [-0.39, 0.29) is 44.6 Å². The van der Waals surface area contributed by atoms with Crippen molar-refractivity contribution in [2.24, 2.45) is 5.92 Å². The number of hydrogen-bond acceptors (Lipinski definition) is 7. The summed E-state index contributed by atoms with van der Waals surface area (Å²) in [7, 11) is 1.58. The van der Waals surface area contributed by atoms with Gasteiger partial charge in [-0.25, -0.2) is 14.6 Å². The molecule has 0 aliphatic carbocycles. The zero-order valence-electron chi connectivity index (χ0n) is 17.8. The normalized spacial score (nSPS) is 21.8. The molecule has 33 heavy (non-hydrogen) atoms. The highest BCUT2D eigenvalue weighted by atomic mass is 16.6. The highest BCUT2D eigenvalue weighted by Gasteiger charge is 2.44. The Labute approximate surface area is 189 Å². The van der Waals surface area contributed by atoms with Crippen LogP contribution in [0.15, 0.2) is 36.4 Å². The zero-order chi connectivity index (χ0) is 23.1. The van der Waals surface area contributed by atoms with Crippen molar-refractivity contribution in [1.29, 1.82) is 0 Å². The lowest BCUT2D eigenvalue weighted by Gasteiger charge is -2.34. The van der Waals surface area contributed by atoms with Gasteiger partial charge in [-0.2, -0.15) is 0 Å². The van der Waals surface area contributed by atoms with Crippen LogP contribution in [-0.4, -0.2) is 72.5 Å². The summed E-state index contributed by atoms with van der Waals surface area (Å²) in [6.45, 7) is 0.879. The Bertz CT molecular complexity index is 1110. The fraction of sp³-hybridized carbons (Fsp3) is 0.364. The predicted octanol–water partition coefficient (Wildman–Crippen LogP) is 1.95. The highest BCUT2D eigenvalue weighted by Crippen LogP contribution is 2.35. The molecule has 2 atom stereocenters. The number of likely N-dealkylation sites (tertiary alicyclic amines) is 1. The number of hydrogen-bond donors (Lipinski definition) is 1. The van der Waals surface area contributed by atoms with Crippen LogP contribution in [0.25, 0.3) is 0 Å². The SMILES string of the molecule is COc1ccc(CN2C(=O)COc3ccc(N4C[C@@H]5CN(C(=O)O)C[C@H]5OC4=O)nc32)cc1. The van der Waals surface area contributed by atoms with Crippen molar-refractivity contribution >= 4 is 29.7 Å². The number of carbonyl (C=O) groups excluding carboxylic acids is 2. The minimum absolute atomic E-state index is 0.106. The molecular formula is C22H22N4O7. The third-order valence-electron chi connectivity index (χ3n) is 6.05. The Balaban J connectivity index is 1.40. The molecule has 0 bridgehead atoms. The van der Waals surface area contributed by atoms with Crippen LogP contribution < -0.4 is 19.3 Å². The fourth-order valence-corrected chi connectivity index (χ4v) is 4.29. The molecule has 11 nitrogen and oxygen atoms in total. The van der Waals surface area contributed by atoms with E-state index in [0.29, 0.717) is 23.1 Å². The third-order valence-corrected chi connectivity index (χ3v) is 6.05. The standard InChI is InChI=1S/C22H22N4O7/c1-31-15-4-2-13(3-5-15)8-26-19(27)12-32-16-6-7-18(23-20(16)26)25-10-14-9-24(21(28)29)11-17(14)33-22(25)30/h2-7,14,17H,8-12H2,1H3,(H,28,29)/t14-,17+/m0/s1. The summed E-state index contributed by atoms with van der Waals surface area (Å²) < 4.78 is 16.2. The third kappa shape index (κ3) is 3.86. The van der Waals surface area contributed by atoms with Gasteiger partial charge in [-0.3, -0.25) is 14.6 Å². The maximum Gasteiger partial charge on any atom is 0.415 e. The maximum atomic E-state index is 12.7. The molecule has 0 saturated carbocycles. The number of methoxy groups -OCH3 is 1. The Morgan fingerprint density at radius 3 is 2.67 bits per heavy atom. The molecule has 3 aliphatic rings. The van der Waals surface area contributed by atoms with Crippen LogP contribution in [-0.2, 0) is 16.1 Å². The molecule has 3 amide bonds.